The molecule has 1 amide bonds. The second kappa shape index (κ2) is 9.57. The van der Waals surface area contributed by atoms with E-state index >= 15 is 0 Å². The fourth-order valence-corrected chi connectivity index (χ4v) is 3.20. The van der Waals surface area contributed by atoms with Crippen LogP contribution in [0.25, 0.3) is 0 Å². The van der Waals surface area contributed by atoms with Gasteiger partial charge in [-0.3, -0.25) is 14.5 Å². The normalized spacial score (nSPS) is 18.0. The van der Waals surface area contributed by atoms with Gasteiger partial charge >= 0.3 is 5.97 Å². The molecule has 0 spiro atoms. The molecule has 6 nitrogen and oxygen atoms in total. The zero-order valence-corrected chi connectivity index (χ0v) is 16.0. The first kappa shape index (κ1) is 20.2. The molecule has 1 atom stereocenters. The van der Waals surface area contributed by atoms with E-state index in [1.165, 1.54) is 0 Å². The maximum atomic E-state index is 12.8. The number of carbonyl (C=O) groups is 2. The summed E-state index contributed by atoms with van der Waals surface area (Å²) in [5.74, 6) is 0.452. The summed E-state index contributed by atoms with van der Waals surface area (Å²) in [6.07, 6.45) is 2.59. The van der Waals surface area contributed by atoms with E-state index in [2.05, 4.69) is 13.8 Å². The molecule has 144 valence electrons. The third-order valence-corrected chi connectivity index (χ3v) is 4.68. The smallest absolute Gasteiger partial charge is 0.317 e. The highest BCUT2D eigenvalue weighted by Gasteiger charge is 2.24. The highest BCUT2D eigenvalue weighted by Crippen LogP contribution is 2.19. The number of rotatable bonds is 7. The van der Waals surface area contributed by atoms with Crippen molar-refractivity contribution in [3.63, 3.8) is 0 Å². The standard InChI is InChI=1S/C20H30N2O4/c1-15(2)14-26-18-8-6-16(7-9-18)20(25)22-11-4-5-17(10-12-22)21(3)13-19(23)24/h6-9,15,17H,4-5,10-14H2,1-3H3,(H,23,24). The van der Waals surface area contributed by atoms with Gasteiger partial charge in [0.2, 0.25) is 0 Å². The van der Waals surface area contributed by atoms with Crippen LogP contribution >= 0.6 is 0 Å². The number of amides is 1. The highest BCUT2D eigenvalue weighted by atomic mass is 16.5. The van der Waals surface area contributed by atoms with Crippen molar-refractivity contribution in [1.29, 1.82) is 0 Å². The van der Waals surface area contributed by atoms with E-state index in [0.717, 1.165) is 25.0 Å². The molecule has 1 unspecified atom stereocenters. The number of hydrogen-bond donors (Lipinski definition) is 1. The number of carboxylic acids is 1. The van der Waals surface area contributed by atoms with E-state index in [1.54, 1.807) is 0 Å². The predicted octanol–water partition coefficient (Wildman–Crippen LogP) is 2.73. The summed E-state index contributed by atoms with van der Waals surface area (Å²) in [5, 5.41) is 8.95. The first-order valence-electron chi connectivity index (χ1n) is 9.31. The molecule has 0 bridgehead atoms. The third-order valence-electron chi connectivity index (χ3n) is 4.68. The maximum absolute atomic E-state index is 12.8. The SMILES string of the molecule is CC(C)COc1ccc(C(=O)N2CCCC(N(C)CC(=O)O)CC2)cc1. The Morgan fingerprint density at radius 3 is 2.54 bits per heavy atom. The van der Waals surface area contributed by atoms with Crippen molar-refractivity contribution in [2.75, 3.05) is 33.3 Å². The zero-order chi connectivity index (χ0) is 19.1. The summed E-state index contributed by atoms with van der Waals surface area (Å²) < 4.78 is 5.66. The van der Waals surface area contributed by atoms with Crippen molar-refractivity contribution in [2.45, 2.75) is 39.2 Å². The Hall–Kier alpha value is -2.08. The van der Waals surface area contributed by atoms with Crippen molar-refractivity contribution in [3.8, 4) is 5.75 Å². The quantitative estimate of drug-likeness (QED) is 0.808. The number of aliphatic carboxylic acids is 1. The van der Waals surface area contributed by atoms with E-state index in [1.807, 2.05) is 41.1 Å². The average Bonchev–Trinajstić information content (AvgIpc) is 2.85. The minimum Gasteiger partial charge on any atom is -0.493 e. The molecule has 1 N–H and O–H groups in total. The van der Waals surface area contributed by atoms with Gasteiger partial charge in [0.15, 0.2) is 0 Å². The lowest BCUT2D eigenvalue weighted by Gasteiger charge is -2.25. The number of carboxylic acid groups (broad SMARTS) is 1. The molecule has 1 fully saturated rings. The minimum absolute atomic E-state index is 0.0296. The van der Waals surface area contributed by atoms with Gasteiger partial charge in [0, 0.05) is 24.7 Å². The largest absolute Gasteiger partial charge is 0.493 e. The molecule has 1 aromatic carbocycles. The zero-order valence-electron chi connectivity index (χ0n) is 16.0. The Kier molecular flexibility index (Phi) is 7.45. The third kappa shape index (κ3) is 6.02. The molecular formula is C20H30N2O4. The summed E-state index contributed by atoms with van der Waals surface area (Å²) in [5.41, 5.74) is 0.666. The van der Waals surface area contributed by atoms with Crippen molar-refractivity contribution < 1.29 is 19.4 Å². The van der Waals surface area contributed by atoms with Gasteiger partial charge < -0.3 is 14.7 Å². The minimum atomic E-state index is -0.815. The molecule has 0 saturated carbocycles. The number of carbonyl (C=O) groups excluding carboxylic acids is 1. The maximum Gasteiger partial charge on any atom is 0.317 e. The number of likely N-dealkylation sites (tertiary alicyclic amines) is 1. The van der Waals surface area contributed by atoms with Crippen molar-refractivity contribution in [1.82, 2.24) is 9.80 Å². The van der Waals surface area contributed by atoms with Crippen LogP contribution in [0.3, 0.4) is 0 Å². The van der Waals surface area contributed by atoms with E-state index in [4.69, 9.17) is 9.84 Å². The van der Waals surface area contributed by atoms with Gasteiger partial charge in [-0.15, -0.1) is 0 Å². The van der Waals surface area contributed by atoms with Gasteiger partial charge in [0.1, 0.15) is 5.75 Å². The second-order valence-electron chi connectivity index (χ2n) is 7.42. The molecule has 2 rings (SSSR count). The van der Waals surface area contributed by atoms with Crippen LogP contribution in [0.1, 0.15) is 43.5 Å². The predicted molar refractivity (Wildman–Crippen MR) is 101 cm³/mol. The highest BCUT2D eigenvalue weighted by molar-refractivity contribution is 5.94. The number of nitrogens with zero attached hydrogens (tertiary/aromatic N) is 2. The molecule has 1 saturated heterocycles. The van der Waals surface area contributed by atoms with Gasteiger partial charge in [0.05, 0.1) is 13.2 Å². The van der Waals surface area contributed by atoms with Gasteiger partial charge in [0.25, 0.3) is 5.91 Å². The van der Waals surface area contributed by atoms with Crippen molar-refractivity contribution in [2.24, 2.45) is 5.92 Å². The molecule has 1 aliphatic heterocycles. The molecule has 0 aromatic heterocycles. The Morgan fingerprint density at radius 2 is 1.92 bits per heavy atom. The van der Waals surface area contributed by atoms with Crippen LogP contribution in [0.4, 0.5) is 0 Å². The van der Waals surface area contributed by atoms with Gasteiger partial charge in [-0.1, -0.05) is 13.8 Å². The van der Waals surface area contributed by atoms with Crippen LogP contribution in [-0.2, 0) is 4.79 Å². The van der Waals surface area contributed by atoms with Crippen LogP contribution in [0.2, 0.25) is 0 Å². The second-order valence-corrected chi connectivity index (χ2v) is 7.42. The van der Waals surface area contributed by atoms with E-state index in [-0.39, 0.29) is 18.5 Å². The van der Waals surface area contributed by atoms with E-state index in [9.17, 15) is 9.59 Å². The van der Waals surface area contributed by atoms with Gasteiger partial charge in [-0.2, -0.15) is 0 Å². The molecule has 0 aliphatic carbocycles. The van der Waals surface area contributed by atoms with E-state index < -0.39 is 5.97 Å². The van der Waals surface area contributed by atoms with Crippen LogP contribution in [0, 0.1) is 5.92 Å². The Morgan fingerprint density at radius 1 is 1.23 bits per heavy atom. The molecule has 1 aliphatic rings. The molecule has 0 radical (unpaired) electrons. The fraction of sp³-hybridized carbons (Fsp3) is 0.600. The lowest BCUT2D eigenvalue weighted by Crippen LogP contribution is -2.37. The van der Waals surface area contributed by atoms with Crippen LogP contribution < -0.4 is 4.74 Å². The summed E-state index contributed by atoms with van der Waals surface area (Å²) in [6.45, 7) is 6.25. The lowest BCUT2D eigenvalue weighted by atomic mass is 10.1. The monoisotopic (exact) mass is 362 g/mol. The number of likely N-dealkylation sites (N-methyl/N-ethyl adjacent to an activating group) is 1. The van der Waals surface area contributed by atoms with Gasteiger partial charge in [-0.05, 0) is 56.5 Å². The fourth-order valence-electron chi connectivity index (χ4n) is 3.20. The molecular weight excluding hydrogens is 332 g/mol. The molecule has 1 heterocycles. The van der Waals surface area contributed by atoms with E-state index in [0.29, 0.717) is 31.2 Å². The first-order valence-corrected chi connectivity index (χ1v) is 9.31. The van der Waals surface area contributed by atoms with Crippen molar-refractivity contribution >= 4 is 11.9 Å². The van der Waals surface area contributed by atoms with Crippen molar-refractivity contribution in [3.05, 3.63) is 29.8 Å². The first-order chi connectivity index (χ1) is 12.4. The molecule has 26 heavy (non-hydrogen) atoms. The number of hydrogen-bond acceptors (Lipinski definition) is 4. The summed E-state index contributed by atoms with van der Waals surface area (Å²) in [7, 11) is 1.84. The van der Waals surface area contributed by atoms with Crippen LogP contribution in [0.15, 0.2) is 24.3 Å². The van der Waals surface area contributed by atoms with Gasteiger partial charge in [-0.25, -0.2) is 0 Å². The Labute approximate surface area is 155 Å². The Balaban J connectivity index is 1.92. The lowest BCUT2D eigenvalue weighted by molar-refractivity contribution is -0.138. The molecule has 6 heteroatoms. The summed E-state index contributed by atoms with van der Waals surface area (Å²) in [6, 6.07) is 7.53. The average molecular weight is 362 g/mol. The molecule has 1 aromatic rings. The summed E-state index contributed by atoms with van der Waals surface area (Å²) >= 11 is 0. The number of benzene rings is 1. The Bertz CT molecular complexity index is 600. The summed E-state index contributed by atoms with van der Waals surface area (Å²) in [4.78, 5) is 27.4. The number of ether oxygens (including phenoxy) is 1. The van der Waals surface area contributed by atoms with Crippen LogP contribution in [-0.4, -0.2) is 66.1 Å². The van der Waals surface area contributed by atoms with Crippen LogP contribution in [0.5, 0.6) is 5.75 Å². The topological polar surface area (TPSA) is 70.1 Å².